The van der Waals surface area contributed by atoms with Gasteiger partial charge in [0.2, 0.25) is 0 Å². The van der Waals surface area contributed by atoms with Gasteiger partial charge in [0.15, 0.2) is 0 Å². The zero-order valence-electron chi connectivity index (χ0n) is 12.3. The second kappa shape index (κ2) is 6.61. The Labute approximate surface area is 131 Å². The number of fused-ring (bicyclic) bond motifs is 1. The van der Waals surface area contributed by atoms with Crippen LogP contribution in [0.2, 0.25) is 5.02 Å². The van der Waals surface area contributed by atoms with E-state index in [1.165, 1.54) is 16.7 Å². The molecule has 110 valence electrons. The maximum absolute atomic E-state index is 6.06. The molecule has 3 rings (SSSR count). The van der Waals surface area contributed by atoms with Crippen LogP contribution in [0.25, 0.3) is 0 Å². The number of nitrogens with zero attached hydrogens (tertiary/aromatic N) is 1. The first kappa shape index (κ1) is 14.6. The maximum atomic E-state index is 6.06. The summed E-state index contributed by atoms with van der Waals surface area (Å²) in [6.07, 6.45) is 1.13. The van der Waals surface area contributed by atoms with E-state index in [0.717, 1.165) is 31.1 Å². The van der Waals surface area contributed by atoms with Gasteiger partial charge in [-0.15, -0.1) is 0 Å². The van der Waals surface area contributed by atoms with Gasteiger partial charge in [-0.25, -0.2) is 0 Å². The van der Waals surface area contributed by atoms with Gasteiger partial charge in [-0.1, -0.05) is 48.0 Å². The third-order valence-corrected chi connectivity index (χ3v) is 4.29. The van der Waals surface area contributed by atoms with E-state index in [1.54, 1.807) is 0 Å². The molecule has 0 amide bonds. The molecule has 1 unspecified atom stereocenters. The fraction of sp³-hybridized carbons (Fsp3) is 0.333. The van der Waals surface area contributed by atoms with E-state index < -0.39 is 0 Å². The molecule has 2 nitrogen and oxygen atoms in total. The molecular weight excluding hydrogens is 280 g/mol. The highest BCUT2D eigenvalue weighted by atomic mass is 35.5. The second-order valence-electron chi connectivity index (χ2n) is 5.78. The fourth-order valence-electron chi connectivity index (χ4n) is 3.08. The monoisotopic (exact) mass is 300 g/mol. The average molecular weight is 301 g/mol. The largest absolute Gasteiger partial charge is 0.309 e. The third-order valence-electron chi connectivity index (χ3n) is 4.05. The Morgan fingerprint density at radius 1 is 1.19 bits per heavy atom. The van der Waals surface area contributed by atoms with Crippen LogP contribution in [0.3, 0.4) is 0 Å². The van der Waals surface area contributed by atoms with Crippen molar-refractivity contribution in [3.05, 3.63) is 70.2 Å². The Hall–Kier alpha value is -1.35. The molecule has 3 heteroatoms. The molecule has 0 bridgehead atoms. The van der Waals surface area contributed by atoms with Crippen molar-refractivity contribution in [1.82, 2.24) is 10.2 Å². The van der Waals surface area contributed by atoms with Gasteiger partial charge >= 0.3 is 0 Å². The van der Waals surface area contributed by atoms with Crippen LogP contribution in [0, 0.1) is 0 Å². The summed E-state index contributed by atoms with van der Waals surface area (Å²) in [6, 6.07) is 17.3. The Balaban J connectivity index is 1.67. The molecule has 0 radical (unpaired) electrons. The summed E-state index contributed by atoms with van der Waals surface area (Å²) >= 11 is 6.06. The van der Waals surface area contributed by atoms with E-state index in [0.29, 0.717) is 6.04 Å². The van der Waals surface area contributed by atoms with Crippen molar-refractivity contribution >= 4 is 11.6 Å². The number of rotatable bonds is 4. The van der Waals surface area contributed by atoms with E-state index in [9.17, 15) is 0 Å². The van der Waals surface area contributed by atoms with Crippen molar-refractivity contribution in [2.24, 2.45) is 0 Å². The highest BCUT2D eigenvalue weighted by molar-refractivity contribution is 6.30. The maximum Gasteiger partial charge on any atom is 0.0452 e. The van der Waals surface area contributed by atoms with E-state index in [1.807, 2.05) is 18.2 Å². The van der Waals surface area contributed by atoms with Crippen molar-refractivity contribution in [3.8, 4) is 0 Å². The minimum atomic E-state index is 0.416. The highest BCUT2D eigenvalue weighted by Gasteiger charge is 2.20. The van der Waals surface area contributed by atoms with Crippen LogP contribution in [0.4, 0.5) is 0 Å². The van der Waals surface area contributed by atoms with Crippen molar-refractivity contribution in [1.29, 1.82) is 0 Å². The van der Waals surface area contributed by atoms with Gasteiger partial charge in [-0.3, -0.25) is 0 Å². The number of benzene rings is 2. The van der Waals surface area contributed by atoms with Gasteiger partial charge < -0.3 is 10.2 Å². The van der Waals surface area contributed by atoms with E-state index >= 15 is 0 Å². The zero-order valence-corrected chi connectivity index (χ0v) is 13.1. The number of likely N-dealkylation sites (N-methyl/N-ethyl adjacent to an activating group) is 1. The lowest BCUT2D eigenvalue weighted by Gasteiger charge is -2.30. The summed E-state index contributed by atoms with van der Waals surface area (Å²) in [5, 5.41) is 4.44. The first-order valence-electron chi connectivity index (χ1n) is 7.46. The van der Waals surface area contributed by atoms with Crippen LogP contribution in [-0.2, 0) is 13.0 Å². The first-order chi connectivity index (χ1) is 10.2. The van der Waals surface area contributed by atoms with E-state index in [4.69, 9.17) is 11.6 Å². The molecule has 2 aromatic carbocycles. The molecule has 0 spiro atoms. The first-order valence-corrected chi connectivity index (χ1v) is 7.84. The predicted molar refractivity (Wildman–Crippen MR) is 88.7 cm³/mol. The number of hydrogen-bond acceptors (Lipinski definition) is 2. The molecule has 21 heavy (non-hydrogen) atoms. The molecular formula is C18H21ClN2. The lowest BCUT2D eigenvalue weighted by Crippen LogP contribution is -2.37. The van der Waals surface area contributed by atoms with Crippen LogP contribution in [0.15, 0.2) is 48.5 Å². The molecule has 1 atom stereocenters. The minimum absolute atomic E-state index is 0.416. The molecule has 0 saturated carbocycles. The Morgan fingerprint density at radius 2 is 2.05 bits per heavy atom. The summed E-state index contributed by atoms with van der Waals surface area (Å²) in [5.41, 5.74) is 4.19. The summed E-state index contributed by atoms with van der Waals surface area (Å²) in [5.74, 6) is 0. The lowest BCUT2D eigenvalue weighted by molar-refractivity contribution is 0.278. The van der Waals surface area contributed by atoms with Crippen LogP contribution >= 0.6 is 11.6 Å². The molecule has 0 fully saturated rings. The van der Waals surface area contributed by atoms with Crippen LogP contribution in [0.1, 0.15) is 22.7 Å². The zero-order chi connectivity index (χ0) is 14.7. The highest BCUT2D eigenvalue weighted by Crippen LogP contribution is 2.23. The summed E-state index contributed by atoms with van der Waals surface area (Å²) in [7, 11) is 2.17. The van der Waals surface area contributed by atoms with Crippen molar-refractivity contribution in [2.45, 2.75) is 19.0 Å². The lowest BCUT2D eigenvalue weighted by atomic mass is 9.94. The van der Waals surface area contributed by atoms with Gasteiger partial charge in [-0.2, -0.15) is 0 Å². The fourth-order valence-corrected chi connectivity index (χ4v) is 3.29. The molecule has 1 aliphatic rings. The number of nitrogens with one attached hydrogen (secondary N) is 1. The molecule has 1 aliphatic heterocycles. The van der Waals surface area contributed by atoms with Crippen molar-refractivity contribution < 1.29 is 0 Å². The van der Waals surface area contributed by atoms with Crippen LogP contribution in [-0.4, -0.2) is 25.0 Å². The van der Waals surface area contributed by atoms with Crippen molar-refractivity contribution in [3.63, 3.8) is 0 Å². The number of hydrogen-bond donors (Lipinski definition) is 1. The molecule has 1 heterocycles. The molecule has 0 aliphatic carbocycles. The normalized spacial score (nSPS) is 17.8. The molecule has 0 saturated heterocycles. The average Bonchev–Trinajstić information content (AvgIpc) is 2.47. The van der Waals surface area contributed by atoms with E-state index in [2.05, 4.69) is 47.6 Å². The van der Waals surface area contributed by atoms with Crippen LogP contribution < -0.4 is 5.32 Å². The van der Waals surface area contributed by atoms with Crippen molar-refractivity contribution in [2.75, 3.05) is 20.1 Å². The molecule has 0 aromatic heterocycles. The minimum Gasteiger partial charge on any atom is -0.309 e. The van der Waals surface area contributed by atoms with Crippen LogP contribution in [0.5, 0.6) is 0 Å². The second-order valence-corrected chi connectivity index (χ2v) is 6.22. The molecule has 2 aromatic rings. The summed E-state index contributed by atoms with van der Waals surface area (Å²) < 4.78 is 0. The van der Waals surface area contributed by atoms with Gasteiger partial charge in [0, 0.05) is 24.2 Å². The Morgan fingerprint density at radius 3 is 2.90 bits per heavy atom. The topological polar surface area (TPSA) is 15.3 Å². The quantitative estimate of drug-likeness (QED) is 0.927. The summed E-state index contributed by atoms with van der Waals surface area (Å²) in [6.45, 7) is 2.98. The smallest absolute Gasteiger partial charge is 0.0452 e. The molecule has 1 N–H and O–H groups in total. The Bertz CT molecular complexity index is 612. The van der Waals surface area contributed by atoms with Gasteiger partial charge in [0.1, 0.15) is 0 Å². The van der Waals surface area contributed by atoms with Gasteiger partial charge in [0.05, 0.1) is 0 Å². The van der Waals surface area contributed by atoms with E-state index in [-0.39, 0.29) is 0 Å². The van der Waals surface area contributed by atoms with Gasteiger partial charge in [0.25, 0.3) is 0 Å². The summed E-state index contributed by atoms with van der Waals surface area (Å²) in [4.78, 5) is 2.35. The standard InChI is InChI=1S/C18H21ClN2/c1-21(12-14-5-4-7-16(19)11-14)13-18-17-8-3-2-6-15(17)9-10-20-18/h2-8,11,18,20H,9-10,12-13H2,1H3. The SMILES string of the molecule is CN(Cc1cccc(Cl)c1)CC1NCCc2ccccc21. The predicted octanol–water partition coefficient (Wildman–Crippen LogP) is 3.66. The van der Waals surface area contributed by atoms with Gasteiger partial charge in [-0.05, 0) is 48.8 Å². The third kappa shape index (κ3) is 3.65. The number of halogens is 1. The Kier molecular flexibility index (Phi) is 4.59.